The van der Waals surface area contributed by atoms with Crippen molar-refractivity contribution in [3.8, 4) is 0 Å². The average molecular weight is 300 g/mol. The van der Waals surface area contributed by atoms with Crippen molar-refractivity contribution < 1.29 is 13.2 Å². The first-order valence-corrected chi connectivity index (χ1v) is 7.84. The van der Waals surface area contributed by atoms with Gasteiger partial charge in [-0.1, -0.05) is 30.4 Å². The highest BCUT2D eigenvalue weighted by molar-refractivity contribution is 7.89. The first kappa shape index (κ1) is 14.4. The van der Waals surface area contributed by atoms with Crippen LogP contribution in [0.3, 0.4) is 0 Å². The Morgan fingerprint density at radius 3 is 2.74 bits per heavy atom. The van der Waals surface area contributed by atoms with Crippen LogP contribution >= 0.6 is 12.2 Å². The SMILES string of the molecule is CC1OCCC1NS(=O)(=O)c1ccccc1C(N)=S. The third-order valence-corrected chi connectivity index (χ3v) is 4.89. The van der Waals surface area contributed by atoms with Crippen LogP contribution < -0.4 is 10.5 Å². The Kier molecular flexibility index (Phi) is 4.19. The Balaban J connectivity index is 2.32. The number of thiocarbonyl (C=S) groups is 1. The minimum atomic E-state index is -3.65. The van der Waals surface area contributed by atoms with Gasteiger partial charge in [-0.15, -0.1) is 0 Å². The van der Waals surface area contributed by atoms with E-state index in [0.717, 1.165) is 0 Å². The molecule has 0 aliphatic carbocycles. The smallest absolute Gasteiger partial charge is 0.241 e. The zero-order valence-corrected chi connectivity index (χ0v) is 12.1. The summed E-state index contributed by atoms with van der Waals surface area (Å²) >= 11 is 4.89. The van der Waals surface area contributed by atoms with Gasteiger partial charge in [0, 0.05) is 12.2 Å². The molecule has 104 valence electrons. The van der Waals surface area contributed by atoms with Crippen molar-refractivity contribution in [1.29, 1.82) is 0 Å². The Hall–Kier alpha value is -1.02. The van der Waals surface area contributed by atoms with Gasteiger partial charge in [-0.2, -0.15) is 0 Å². The van der Waals surface area contributed by atoms with E-state index >= 15 is 0 Å². The van der Waals surface area contributed by atoms with Gasteiger partial charge in [-0.25, -0.2) is 13.1 Å². The van der Waals surface area contributed by atoms with Crippen LogP contribution in [0.15, 0.2) is 29.2 Å². The molecule has 1 aromatic rings. The van der Waals surface area contributed by atoms with E-state index in [1.54, 1.807) is 18.2 Å². The molecule has 0 saturated carbocycles. The molecule has 1 saturated heterocycles. The summed E-state index contributed by atoms with van der Waals surface area (Å²) < 4.78 is 32.8. The highest BCUT2D eigenvalue weighted by Crippen LogP contribution is 2.19. The maximum atomic E-state index is 12.4. The molecule has 1 heterocycles. The van der Waals surface area contributed by atoms with Gasteiger partial charge in [0.1, 0.15) is 4.99 Å². The molecular weight excluding hydrogens is 284 g/mol. The molecule has 0 aromatic heterocycles. The van der Waals surface area contributed by atoms with Gasteiger partial charge in [0.05, 0.1) is 17.0 Å². The molecule has 0 spiro atoms. The van der Waals surface area contributed by atoms with E-state index < -0.39 is 10.0 Å². The quantitative estimate of drug-likeness (QED) is 0.803. The predicted octanol–water partition coefficient (Wildman–Crippen LogP) is 0.777. The molecule has 19 heavy (non-hydrogen) atoms. The van der Waals surface area contributed by atoms with E-state index in [-0.39, 0.29) is 22.0 Å². The van der Waals surface area contributed by atoms with Gasteiger partial charge in [0.2, 0.25) is 10.0 Å². The Morgan fingerprint density at radius 2 is 2.16 bits per heavy atom. The number of nitrogens with one attached hydrogen (secondary N) is 1. The lowest BCUT2D eigenvalue weighted by Gasteiger charge is -2.17. The lowest BCUT2D eigenvalue weighted by atomic mass is 10.2. The zero-order chi connectivity index (χ0) is 14.0. The van der Waals surface area contributed by atoms with E-state index in [9.17, 15) is 8.42 Å². The Morgan fingerprint density at radius 1 is 1.47 bits per heavy atom. The standard InChI is InChI=1S/C12H16N2O3S2/c1-8-10(6-7-17-8)14-19(15,16)11-5-3-2-4-9(11)12(13)18/h2-5,8,10,14H,6-7H2,1H3,(H2,13,18). The fraction of sp³-hybridized carbons (Fsp3) is 0.417. The number of hydrogen-bond donors (Lipinski definition) is 2. The average Bonchev–Trinajstić information content (AvgIpc) is 2.74. The maximum Gasteiger partial charge on any atom is 0.241 e. The van der Waals surface area contributed by atoms with E-state index in [2.05, 4.69) is 4.72 Å². The summed E-state index contributed by atoms with van der Waals surface area (Å²) in [5.41, 5.74) is 5.92. The summed E-state index contributed by atoms with van der Waals surface area (Å²) in [5.74, 6) is 0. The van der Waals surface area contributed by atoms with Crippen molar-refractivity contribution in [1.82, 2.24) is 4.72 Å². The largest absolute Gasteiger partial charge is 0.389 e. The van der Waals surface area contributed by atoms with Crippen LogP contribution in [0.2, 0.25) is 0 Å². The summed E-state index contributed by atoms with van der Waals surface area (Å²) in [6.07, 6.45) is 0.530. The van der Waals surface area contributed by atoms with Crippen molar-refractivity contribution in [3.05, 3.63) is 29.8 Å². The number of hydrogen-bond acceptors (Lipinski definition) is 4. The lowest BCUT2D eigenvalue weighted by Crippen LogP contribution is -2.39. The van der Waals surface area contributed by atoms with Gasteiger partial charge in [0.25, 0.3) is 0 Å². The molecule has 1 fully saturated rings. The number of nitrogens with two attached hydrogens (primary N) is 1. The Bertz CT molecular complexity index is 586. The molecule has 0 radical (unpaired) electrons. The van der Waals surface area contributed by atoms with Crippen LogP contribution in [-0.2, 0) is 14.8 Å². The topological polar surface area (TPSA) is 81.4 Å². The number of benzene rings is 1. The molecule has 2 atom stereocenters. The van der Waals surface area contributed by atoms with Crippen molar-refractivity contribution in [2.45, 2.75) is 30.4 Å². The highest BCUT2D eigenvalue weighted by atomic mass is 32.2. The van der Waals surface area contributed by atoms with Gasteiger partial charge >= 0.3 is 0 Å². The van der Waals surface area contributed by atoms with E-state index in [0.29, 0.717) is 18.6 Å². The van der Waals surface area contributed by atoms with Crippen LogP contribution in [0.1, 0.15) is 18.9 Å². The second-order valence-electron chi connectivity index (χ2n) is 4.45. The molecule has 7 heteroatoms. The molecule has 5 nitrogen and oxygen atoms in total. The monoisotopic (exact) mass is 300 g/mol. The second kappa shape index (κ2) is 5.54. The van der Waals surface area contributed by atoms with Gasteiger partial charge < -0.3 is 10.5 Å². The normalized spacial score (nSPS) is 23.4. The molecule has 1 aromatic carbocycles. The molecule has 0 amide bonds. The third-order valence-electron chi connectivity index (χ3n) is 3.12. The molecule has 1 aliphatic rings. The van der Waals surface area contributed by atoms with Crippen molar-refractivity contribution in [2.75, 3.05) is 6.61 Å². The van der Waals surface area contributed by atoms with Crippen LogP contribution in [0.25, 0.3) is 0 Å². The molecule has 2 rings (SSSR count). The molecule has 1 aliphatic heterocycles. The first-order chi connectivity index (χ1) is 8.92. The van der Waals surface area contributed by atoms with Gasteiger partial charge in [-0.3, -0.25) is 0 Å². The fourth-order valence-electron chi connectivity index (χ4n) is 2.05. The predicted molar refractivity (Wildman–Crippen MR) is 76.5 cm³/mol. The van der Waals surface area contributed by atoms with Crippen molar-refractivity contribution >= 4 is 27.2 Å². The summed E-state index contributed by atoms with van der Waals surface area (Å²) in [6.45, 7) is 2.41. The van der Waals surface area contributed by atoms with Crippen molar-refractivity contribution in [3.63, 3.8) is 0 Å². The van der Waals surface area contributed by atoms with Gasteiger partial charge in [-0.05, 0) is 19.4 Å². The summed E-state index contributed by atoms with van der Waals surface area (Å²) in [6, 6.07) is 6.23. The first-order valence-electron chi connectivity index (χ1n) is 5.94. The number of ether oxygens (including phenoxy) is 1. The van der Waals surface area contributed by atoms with Crippen LogP contribution in [0.5, 0.6) is 0 Å². The minimum absolute atomic E-state index is 0.0664. The number of sulfonamides is 1. The minimum Gasteiger partial charge on any atom is -0.389 e. The van der Waals surface area contributed by atoms with Crippen LogP contribution in [-0.4, -0.2) is 32.2 Å². The highest BCUT2D eigenvalue weighted by Gasteiger charge is 2.30. The maximum absolute atomic E-state index is 12.4. The van der Waals surface area contributed by atoms with E-state index in [4.69, 9.17) is 22.7 Å². The number of rotatable bonds is 4. The van der Waals surface area contributed by atoms with Crippen LogP contribution in [0, 0.1) is 0 Å². The summed E-state index contributed by atoms with van der Waals surface area (Å²) in [5, 5.41) is 0. The third kappa shape index (κ3) is 3.11. The Labute approximate surface area is 118 Å². The summed E-state index contributed by atoms with van der Waals surface area (Å²) in [4.78, 5) is 0.179. The molecule has 2 unspecified atom stereocenters. The van der Waals surface area contributed by atoms with Gasteiger partial charge in [0.15, 0.2) is 0 Å². The van der Waals surface area contributed by atoms with Crippen LogP contribution in [0.4, 0.5) is 0 Å². The molecule has 0 bridgehead atoms. The van der Waals surface area contributed by atoms with Crippen molar-refractivity contribution in [2.24, 2.45) is 5.73 Å². The molecule has 3 N–H and O–H groups in total. The van der Waals surface area contributed by atoms with E-state index in [1.807, 2.05) is 6.92 Å². The molecular formula is C12H16N2O3S2. The lowest BCUT2D eigenvalue weighted by molar-refractivity contribution is 0.117. The van der Waals surface area contributed by atoms with E-state index in [1.165, 1.54) is 6.07 Å². The fourth-order valence-corrected chi connectivity index (χ4v) is 3.86. The summed E-state index contributed by atoms with van der Waals surface area (Å²) in [7, 11) is -3.65. The second-order valence-corrected chi connectivity index (χ2v) is 6.58. The zero-order valence-electron chi connectivity index (χ0n) is 10.5.